The number of hydrogen-bond donors (Lipinski definition) is 0. The van der Waals surface area contributed by atoms with Crippen molar-refractivity contribution in [3.05, 3.63) is 21.3 Å². The zero-order valence-corrected chi connectivity index (χ0v) is 17.3. The summed E-state index contributed by atoms with van der Waals surface area (Å²) in [5.41, 5.74) is 0. The Morgan fingerprint density at radius 1 is 0.889 bits per heavy atom. The Bertz CT molecular complexity index is 284. The van der Waals surface area contributed by atoms with Gasteiger partial charge in [-0.05, 0) is 42.3 Å². The van der Waals surface area contributed by atoms with Gasteiger partial charge in [0.25, 0.3) is 7.59 Å². The van der Waals surface area contributed by atoms with Gasteiger partial charge >= 0.3 is 55.3 Å². The van der Waals surface area contributed by atoms with Crippen molar-refractivity contribution in [3.8, 4) is 0 Å². The first-order valence-electron chi connectivity index (χ1n) is 5.24. The molecule has 8 heteroatoms. The third-order valence-corrected chi connectivity index (χ3v) is 12.5. The normalized spacial score (nSPS) is 12.4. The van der Waals surface area contributed by atoms with E-state index in [9.17, 15) is 4.57 Å². The van der Waals surface area contributed by atoms with Crippen LogP contribution in [0.4, 0.5) is 0 Å². The maximum atomic E-state index is 12.1. The molecule has 0 N–H and O–H groups in total. The predicted octanol–water partition coefficient (Wildman–Crippen LogP) is 3.14. The van der Waals surface area contributed by atoms with E-state index in [2.05, 4.69) is 13.2 Å². The number of nitrogens with zero attached hydrogens (tertiary/aromatic N) is 3. The summed E-state index contributed by atoms with van der Waals surface area (Å²) in [5.74, 6) is 0. The van der Waals surface area contributed by atoms with Gasteiger partial charge in [-0.15, -0.1) is 0 Å². The van der Waals surface area contributed by atoms with Gasteiger partial charge in [0.05, 0.1) is 0 Å². The predicted molar refractivity (Wildman–Crippen MR) is 86.5 cm³/mol. The number of halogens is 2. The van der Waals surface area contributed by atoms with E-state index in [0.717, 1.165) is 0 Å². The Hall–Kier alpha value is 0.969. The first-order valence-corrected chi connectivity index (χ1v) is 17.3. The van der Waals surface area contributed by atoms with Crippen LogP contribution in [0.1, 0.15) is 0 Å². The van der Waals surface area contributed by atoms with Crippen LogP contribution in [0.5, 0.6) is 0 Å². The minimum Gasteiger partial charge on any atom is -0.270 e. The van der Waals surface area contributed by atoms with Crippen LogP contribution in [0, 0.1) is 0 Å². The SMILES string of the molecule is C=[CH][Sn]([Cl])([Cl])[CH]=C.CN(C)P(=O)(N(C)C)N(C)C. The molecular formula is C10H24Cl2N3OPSn. The molecular weight excluding hydrogens is 399 g/mol. The second kappa shape index (κ2) is 9.01. The summed E-state index contributed by atoms with van der Waals surface area (Å²) >= 11 is -2.81. The molecule has 0 saturated carbocycles. The van der Waals surface area contributed by atoms with Crippen LogP contribution in [-0.2, 0) is 4.57 Å². The van der Waals surface area contributed by atoms with E-state index in [-0.39, 0.29) is 0 Å². The topological polar surface area (TPSA) is 26.8 Å². The fourth-order valence-corrected chi connectivity index (χ4v) is 3.78. The molecule has 4 nitrogen and oxygen atoms in total. The molecule has 0 bridgehead atoms. The van der Waals surface area contributed by atoms with E-state index in [1.54, 1.807) is 22.2 Å². The van der Waals surface area contributed by atoms with Gasteiger partial charge in [-0.25, -0.2) is 14.0 Å². The minimum absolute atomic E-state index is 1.62. The molecule has 0 unspecified atom stereocenters. The first kappa shape index (κ1) is 21.3. The van der Waals surface area contributed by atoms with Crippen molar-refractivity contribution in [3.63, 3.8) is 0 Å². The van der Waals surface area contributed by atoms with E-state index < -0.39 is 23.7 Å². The molecule has 0 aliphatic rings. The summed E-state index contributed by atoms with van der Waals surface area (Å²) in [6, 6.07) is 0. The summed E-state index contributed by atoms with van der Waals surface area (Å²) in [4.78, 5) is 0. The van der Waals surface area contributed by atoms with Gasteiger partial charge in [0.1, 0.15) is 0 Å². The average molecular weight is 423 g/mol. The van der Waals surface area contributed by atoms with E-state index in [1.165, 1.54) is 0 Å². The van der Waals surface area contributed by atoms with Crippen molar-refractivity contribution < 1.29 is 4.57 Å². The van der Waals surface area contributed by atoms with Crippen molar-refractivity contribution in [2.75, 3.05) is 42.3 Å². The van der Waals surface area contributed by atoms with E-state index in [1.807, 2.05) is 42.3 Å². The Balaban J connectivity index is 0. The standard InChI is InChI=1S/C6H18N3OP.2C2H3.2ClH.Sn/c1-7(2)11(10,8(3)4)9(5)6;2*1-2;;;/h1-6H3;2*1H,2H2;2*1H;/q;;;;;+2/p-2. The number of rotatable bonds is 5. The third kappa shape index (κ3) is 6.94. The Morgan fingerprint density at radius 2 is 1.11 bits per heavy atom. The second-order valence-electron chi connectivity index (χ2n) is 4.14. The van der Waals surface area contributed by atoms with Crippen LogP contribution < -0.4 is 0 Å². The quantitative estimate of drug-likeness (QED) is 0.502. The summed E-state index contributed by atoms with van der Waals surface area (Å²) < 4.78 is 20.6. The molecule has 18 heavy (non-hydrogen) atoms. The Kier molecular flexibility index (Phi) is 10.6. The van der Waals surface area contributed by atoms with Gasteiger partial charge in [-0.2, -0.15) is 0 Å². The monoisotopic (exact) mass is 423 g/mol. The van der Waals surface area contributed by atoms with Gasteiger partial charge in [-0.3, -0.25) is 4.57 Å². The van der Waals surface area contributed by atoms with Crippen molar-refractivity contribution in [2.45, 2.75) is 0 Å². The minimum atomic E-state index is -2.81. The molecule has 0 aromatic carbocycles. The van der Waals surface area contributed by atoms with Gasteiger partial charge < -0.3 is 0 Å². The molecule has 0 saturated heterocycles. The molecule has 0 heterocycles. The molecule has 0 aliphatic carbocycles. The molecule has 0 amide bonds. The van der Waals surface area contributed by atoms with Gasteiger partial charge in [-0.1, -0.05) is 0 Å². The van der Waals surface area contributed by atoms with E-state index >= 15 is 0 Å². The number of hydrogen-bond acceptors (Lipinski definition) is 1. The van der Waals surface area contributed by atoms with Crippen molar-refractivity contribution in [1.29, 1.82) is 0 Å². The molecule has 108 valence electrons. The molecule has 0 atom stereocenters. The summed E-state index contributed by atoms with van der Waals surface area (Å²) in [6.45, 7) is 6.92. The Morgan fingerprint density at radius 3 is 1.11 bits per heavy atom. The van der Waals surface area contributed by atoms with Crippen LogP contribution in [0.3, 0.4) is 0 Å². The molecule has 0 fully saturated rings. The Labute approximate surface area is 123 Å². The molecule has 0 spiro atoms. The van der Waals surface area contributed by atoms with Crippen molar-refractivity contribution in [2.24, 2.45) is 0 Å². The summed E-state index contributed by atoms with van der Waals surface area (Å²) in [5, 5.41) is 0. The van der Waals surface area contributed by atoms with Crippen LogP contribution in [0.2, 0.25) is 0 Å². The zero-order chi connectivity index (χ0) is 15.1. The van der Waals surface area contributed by atoms with Crippen LogP contribution in [-0.4, -0.2) is 72.4 Å². The van der Waals surface area contributed by atoms with Crippen LogP contribution in [0.25, 0.3) is 0 Å². The molecule has 0 aromatic rings. The zero-order valence-electron chi connectivity index (χ0n) is 12.0. The van der Waals surface area contributed by atoms with Crippen molar-refractivity contribution >= 4 is 41.6 Å². The van der Waals surface area contributed by atoms with E-state index in [4.69, 9.17) is 17.8 Å². The smallest absolute Gasteiger partial charge is 0.270 e. The summed E-state index contributed by atoms with van der Waals surface area (Å²) in [7, 11) is 19.8. The fourth-order valence-electron chi connectivity index (χ4n) is 1.16. The van der Waals surface area contributed by atoms with Gasteiger partial charge in [0, 0.05) is 0 Å². The van der Waals surface area contributed by atoms with Crippen molar-refractivity contribution in [1.82, 2.24) is 14.0 Å². The fraction of sp³-hybridized carbons (Fsp3) is 0.600. The maximum absolute atomic E-state index is 12.1. The van der Waals surface area contributed by atoms with Gasteiger partial charge in [0.15, 0.2) is 0 Å². The average Bonchev–Trinajstić information content (AvgIpc) is 2.27. The first-order chi connectivity index (χ1) is 7.95. The molecule has 0 aromatic heterocycles. The van der Waals surface area contributed by atoms with Crippen LogP contribution in [0.15, 0.2) is 21.3 Å². The van der Waals surface area contributed by atoms with Crippen LogP contribution >= 0.6 is 25.4 Å². The largest absolute Gasteiger partial charge is 0.285 e. The molecule has 0 rings (SSSR count). The maximum Gasteiger partial charge on any atom is 0.285 e. The third-order valence-electron chi connectivity index (χ3n) is 2.11. The second-order valence-corrected chi connectivity index (χ2v) is 23.4. The molecule has 0 radical (unpaired) electrons. The van der Waals surface area contributed by atoms with E-state index in [0.29, 0.717) is 0 Å². The molecule has 0 aliphatic heterocycles. The van der Waals surface area contributed by atoms with Gasteiger partial charge in [0.2, 0.25) is 0 Å². The summed E-state index contributed by atoms with van der Waals surface area (Å²) in [6.07, 6.45) is 0.